The Labute approximate surface area is 121 Å². The van der Waals surface area contributed by atoms with E-state index in [2.05, 4.69) is 15.5 Å². The minimum Gasteiger partial charge on any atom is -0.314 e. The lowest BCUT2D eigenvalue weighted by atomic mass is 10.3. The standard InChI is InChI=1S/C13H24N4O2S/c1-9(2)17(8-11-5-6-11)20(18,19)13-10(3)15-16-12(13)7-14-4/h9,11,14H,5-8H2,1-4H3,(H,15,16). The van der Waals surface area contributed by atoms with Gasteiger partial charge in [0, 0.05) is 19.1 Å². The predicted molar refractivity (Wildman–Crippen MR) is 77.8 cm³/mol. The fourth-order valence-corrected chi connectivity index (χ4v) is 4.40. The third-order valence-electron chi connectivity index (χ3n) is 3.58. The number of hydrogen-bond donors (Lipinski definition) is 2. The molecule has 1 fully saturated rings. The Hall–Kier alpha value is -0.920. The first-order chi connectivity index (χ1) is 9.37. The quantitative estimate of drug-likeness (QED) is 0.794. The van der Waals surface area contributed by atoms with Gasteiger partial charge in [0.2, 0.25) is 10.0 Å². The van der Waals surface area contributed by atoms with Crippen LogP contribution < -0.4 is 5.32 Å². The minimum atomic E-state index is -3.50. The summed E-state index contributed by atoms with van der Waals surface area (Å²) >= 11 is 0. The molecule has 0 atom stereocenters. The van der Waals surface area contributed by atoms with Crippen molar-refractivity contribution < 1.29 is 8.42 Å². The lowest BCUT2D eigenvalue weighted by Crippen LogP contribution is -2.39. The van der Waals surface area contributed by atoms with Crippen LogP contribution in [0.5, 0.6) is 0 Å². The normalized spacial score (nSPS) is 16.3. The van der Waals surface area contributed by atoms with Gasteiger partial charge in [-0.2, -0.15) is 9.40 Å². The number of rotatable bonds is 7. The van der Waals surface area contributed by atoms with Crippen molar-refractivity contribution in [3.63, 3.8) is 0 Å². The highest BCUT2D eigenvalue weighted by atomic mass is 32.2. The molecule has 2 N–H and O–H groups in total. The molecule has 1 saturated carbocycles. The van der Waals surface area contributed by atoms with E-state index >= 15 is 0 Å². The maximum atomic E-state index is 13.0. The largest absolute Gasteiger partial charge is 0.314 e. The molecule has 0 aliphatic heterocycles. The van der Waals surface area contributed by atoms with Crippen molar-refractivity contribution in [1.82, 2.24) is 19.8 Å². The number of aromatic amines is 1. The monoisotopic (exact) mass is 300 g/mol. The van der Waals surface area contributed by atoms with Crippen molar-refractivity contribution in [3.05, 3.63) is 11.4 Å². The highest BCUT2D eigenvalue weighted by molar-refractivity contribution is 7.89. The van der Waals surface area contributed by atoms with Gasteiger partial charge < -0.3 is 5.32 Å². The van der Waals surface area contributed by atoms with Gasteiger partial charge in [-0.15, -0.1) is 0 Å². The van der Waals surface area contributed by atoms with E-state index in [1.165, 1.54) is 0 Å². The van der Waals surface area contributed by atoms with Crippen molar-refractivity contribution in [2.24, 2.45) is 5.92 Å². The molecule has 20 heavy (non-hydrogen) atoms. The van der Waals surface area contributed by atoms with E-state index < -0.39 is 10.0 Å². The van der Waals surface area contributed by atoms with Crippen LogP contribution in [0.15, 0.2) is 4.90 Å². The van der Waals surface area contributed by atoms with Crippen LogP contribution in [-0.2, 0) is 16.6 Å². The first kappa shape index (κ1) is 15.5. The van der Waals surface area contributed by atoms with Gasteiger partial charge in [-0.3, -0.25) is 5.10 Å². The SMILES string of the molecule is CNCc1n[nH]c(C)c1S(=O)(=O)N(CC1CC1)C(C)C. The van der Waals surface area contributed by atoms with Crippen LogP contribution in [0.1, 0.15) is 38.1 Å². The van der Waals surface area contributed by atoms with Gasteiger partial charge in [-0.25, -0.2) is 8.42 Å². The van der Waals surface area contributed by atoms with Crippen LogP contribution in [0.25, 0.3) is 0 Å². The number of aromatic nitrogens is 2. The minimum absolute atomic E-state index is 0.0441. The Kier molecular flexibility index (Phi) is 4.51. The van der Waals surface area contributed by atoms with Gasteiger partial charge in [0.15, 0.2) is 0 Å². The average Bonchev–Trinajstić information content (AvgIpc) is 3.10. The van der Waals surface area contributed by atoms with Crippen LogP contribution in [0, 0.1) is 12.8 Å². The Morgan fingerprint density at radius 1 is 1.45 bits per heavy atom. The van der Waals surface area contributed by atoms with E-state index in [0.29, 0.717) is 35.3 Å². The molecule has 0 saturated heterocycles. The lowest BCUT2D eigenvalue weighted by Gasteiger charge is -2.26. The Morgan fingerprint density at radius 2 is 2.10 bits per heavy atom. The van der Waals surface area contributed by atoms with Gasteiger partial charge in [-0.05, 0) is 46.6 Å². The van der Waals surface area contributed by atoms with Crippen LogP contribution in [-0.4, -0.2) is 42.6 Å². The van der Waals surface area contributed by atoms with Crippen molar-refractivity contribution in [2.75, 3.05) is 13.6 Å². The van der Waals surface area contributed by atoms with Crippen molar-refractivity contribution in [1.29, 1.82) is 0 Å². The molecule has 0 aromatic carbocycles. The summed E-state index contributed by atoms with van der Waals surface area (Å²) in [4.78, 5) is 0.334. The summed E-state index contributed by atoms with van der Waals surface area (Å²) in [6.07, 6.45) is 2.26. The second-order valence-electron chi connectivity index (χ2n) is 5.77. The summed E-state index contributed by atoms with van der Waals surface area (Å²) in [5.41, 5.74) is 1.17. The van der Waals surface area contributed by atoms with Gasteiger partial charge in [0.05, 0.1) is 11.4 Å². The molecule has 0 radical (unpaired) electrons. The van der Waals surface area contributed by atoms with Gasteiger partial charge in [0.1, 0.15) is 4.90 Å². The summed E-state index contributed by atoms with van der Waals surface area (Å²) < 4.78 is 27.5. The van der Waals surface area contributed by atoms with E-state index in [0.717, 1.165) is 12.8 Å². The smallest absolute Gasteiger partial charge is 0.247 e. The number of sulfonamides is 1. The Bertz CT molecular complexity index is 561. The van der Waals surface area contributed by atoms with Crippen LogP contribution in [0.2, 0.25) is 0 Å². The molecule has 2 rings (SSSR count). The number of nitrogens with one attached hydrogen (secondary N) is 2. The summed E-state index contributed by atoms with van der Waals surface area (Å²) in [7, 11) is -1.71. The maximum Gasteiger partial charge on any atom is 0.247 e. The van der Waals surface area contributed by atoms with Gasteiger partial charge >= 0.3 is 0 Å². The summed E-state index contributed by atoms with van der Waals surface area (Å²) in [6, 6.07) is -0.0441. The first-order valence-electron chi connectivity index (χ1n) is 7.08. The van der Waals surface area contributed by atoms with Gasteiger partial charge in [0.25, 0.3) is 0 Å². The Morgan fingerprint density at radius 3 is 2.60 bits per heavy atom. The highest BCUT2D eigenvalue weighted by Crippen LogP contribution is 2.33. The topological polar surface area (TPSA) is 78.1 Å². The van der Waals surface area contributed by atoms with Crippen molar-refractivity contribution in [3.8, 4) is 0 Å². The fourth-order valence-electron chi connectivity index (χ4n) is 2.36. The summed E-state index contributed by atoms with van der Waals surface area (Å²) in [6.45, 7) is 6.66. The summed E-state index contributed by atoms with van der Waals surface area (Å²) in [5.74, 6) is 0.520. The van der Waals surface area contributed by atoms with Gasteiger partial charge in [-0.1, -0.05) is 0 Å². The number of H-pyrrole nitrogens is 1. The Balaban J connectivity index is 2.38. The molecule has 1 aliphatic carbocycles. The van der Waals surface area contributed by atoms with E-state index in [-0.39, 0.29) is 6.04 Å². The molecular weight excluding hydrogens is 276 g/mol. The molecule has 1 aromatic heterocycles. The third kappa shape index (κ3) is 3.05. The maximum absolute atomic E-state index is 13.0. The summed E-state index contributed by atoms with van der Waals surface area (Å²) in [5, 5.41) is 9.88. The van der Waals surface area contributed by atoms with E-state index in [9.17, 15) is 8.42 Å². The lowest BCUT2D eigenvalue weighted by molar-refractivity contribution is 0.341. The molecular formula is C13H24N4O2S. The molecule has 6 nitrogen and oxygen atoms in total. The first-order valence-corrected chi connectivity index (χ1v) is 8.52. The van der Waals surface area contributed by atoms with Crippen molar-refractivity contribution in [2.45, 2.75) is 51.1 Å². The second-order valence-corrected chi connectivity index (χ2v) is 7.59. The molecule has 0 bridgehead atoms. The molecule has 1 aliphatic rings. The molecule has 1 aromatic rings. The second kappa shape index (κ2) is 5.83. The average molecular weight is 300 g/mol. The molecule has 1 heterocycles. The predicted octanol–water partition coefficient (Wildman–Crippen LogP) is 1.25. The molecule has 7 heteroatoms. The van der Waals surface area contributed by atoms with E-state index in [4.69, 9.17) is 0 Å². The zero-order chi connectivity index (χ0) is 14.9. The van der Waals surface area contributed by atoms with Crippen LogP contribution in [0.4, 0.5) is 0 Å². The molecule has 114 valence electrons. The highest BCUT2D eigenvalue weighted by Gasteiger charge is 2.36. The number of nitrogens with zero attached hydrogens (tertiary/aromatic N) is 2. The zero-order valence-electron chi connectivity index (χ0n) is 12.6. The zero-order valence-corrected chi connectivity index (χ0v) is 13.4. The fraction of sp³-hybridized carbons (Fsp3) is 0.769. The van der Waals surface area contributed by atoms with Crippen LogP contribution in [0.3, 0.4) is 0 Å². The third-order valence-corrected chi connectivity index (χ3v) is 5.83. The molecule has 0 unspecified atom stereocenters. The van der Waals surface area contributed by atoms with Crippen molar-refractivity contribution >= 4 is 10.0 Å². The molecule has 0 spiro atoms. The van der Waals surface area contributed by atoms with Crippen LogP contribution >= 0.6 is 0 Å². The molecule has 0 amide bonds. The number of hydrogen-bond acceptors (Lipinski definition) is 4. The van der Waals surface area contributed by atoms with E-state index in [1.807, 2.05) is 13.8 Å². The number of aryl methyl sites for hydroxylation is 1. The van der Waals surface area contributed by atoms with E-state index in [1.54, 1.807) is 18.3 Å².